The van der Waals surface area contributed by atoms with Crippen LogP contribution in [0.25, 0.3) is 0 Å². The number of hydrogen-bond acceptors (Lipinski definition) is 5. The molecule has 1 fully saturated rings. The van der Waals surface area contributed by atoms with Crippen LogP contribution in [-0.2, 0) is 0 Å². The first-order valence-electron chi connectivity index (χ1n) is 6.58. The minimum atomic E-state index is 0.353. The first-order valence-corrected chi connectivity index (χ1v) is 6.58. The maximum atomic E-state index is 4.52. The molecule has 1 aliphatic heterocycles. The van der Waals surface area contributed by atoms with Crippen molar-refractivity contribution >= 4 is 11.6 Å². The molecule has 1 unspecified atom stereocenters. The highest BCUT2D eigenvalue weighted by Crippen LogP contribution is 2.23. The molecular formula is C14H17N5. The van der Waals surface area contributed by atoms with Gasteiger partial charge in [0.05, 0.1) is 5.69 Å². The molecule has 1 saturated heterocycles. The fraction of sp³-hybridized carbons (Fsp3) is 0.357. The Morgan fingerprint density at radius 3 is 2.95 bits per heavy atom. The second-order valence-corrected chi connectivity index (χ2v) is 4.71. The second kappa shape index (κ2) is 5.32. The monoisotopic (exact) mass is 255 g/mol. The fourth-order valence-corrected chi connectivity index (χ4v) is 2.34. The smallest absolute Gasteiger partial charge is 0.135 e. The Balaban J connectivity index is 1.85. The third kappa shape index (κ3) is 2.88. The highest BCUT2D eigenvalue weighted by Gasteiger charge is 2.18. The van der Waals surface area contributed by atoms with E-state index in [9.17, 15) is 0 Å². The molecule has 2 N–H and O–H groups in total. The van der Waals surface area contributed by atoms with Gasteiger partial charge in [0, 0.05) is 18.3 Å². The summed E-state index contributed by atoms with van der Waals surface area (Å²) >= 11 is 0. The molecule has 0 saturated carbocycles. The van der Waals surface area contributed by atoms with Crippen molar-refractivity contribution in [3.05, 3.63) is 42.0 Å². The number of nitrogens with zero attached hydrogens (tertiary/aromatic N) is 3. The van der Waals surface area contributed by atoms with Crippen LogP contribution >= 0.6 is 0 Å². The maximum absolute atomic E-state index is 4.52. The molecule has 5 heteroatoms. The van der Waals surface area contributed by atoms with E-state index in [1.807, 2.05) is 31.2 Å². The fourth-order valence-electron chi connectivity index (χ4n) is 2.34. The average molecular weight is 255 g/mol. The lowest BCUT2D eigenvalue weighted by Gasteiger charge is -2.12. The summed E-state index contributed by atoms with van der Waals surface area (Å²) < 4.78 is 0. The number of rotatable bonds is 3. The molecule has 0 amide bonds. The summed E-state index contributed by atoms with van der Waals surface area (Å²) in [4.78, 5) is 13.2. The molecule has 19 heavy (non-hydrogen) atoms. The summed E-state index contributed by atoms with van der Waals surface area (Å²) in [5, 5.41) is 6.68. The van der Waals surface area contributed by atoms with Crippen molar-refractivity contribution in [3.8, 4) is 0 Å². The number of pyridine rings is 1. The van der Waals surface area contributed by atoms with Crippen molar-refractivity contribution in [2.75, 3.05) is 11.9 Å². The summed E-state index contributed by atoms with van der Waals surface area (Å²) in [6.45, 7) is 2.98. The summed E-state index contributed by atoms with van der Waals surface area (Å²) in [5.74, 6) is 2.38. The van der Waals surface area contributed by atoms with Gasteiger partial charge in [-0.1, -0.05) is 6.07 Å². The van der Waals surface area contributed by atoms with Crippen molar-refractivity contribution in [2.24, 2.45) is 0 Å². The topological polar surface area (TPSA) is 62.7 Å². The van der Waals surface area contributed by atoms with E-state index in [0.29, 0.717) is 6.04 Å². The number of aryl methyl sites for hydroxylation is 1. The molecule has 1 aliphatic rings. The van der Waals surface area contributed by atoms with Crippen molar-refractivity contribution in [2.45, 2.75) is 25.8 Å². The lowest BCUT2D eigenvalue weighted by molar-refractivity contribution is 0.623. The van der Waals surface area contributed by atoms with E-state index in [-0.39, 0.29) is 0 Å². The zero-order chi connectivity index (χ0) is 13.1. The maximum Gasteiger partial charge on any atom is 0.135 e. The van der Waals surface area contributed by atoms with Gasteiger partial charge in [-0.15, -0.1) is 0 Å². The van der Waals surface area contributed by atoms with Crippen molar-refractivity contribution in [1.29, 1.82) is 0 Å². The quantitative estimate of drug-likeness (QED) is 0.881. The van der Waals surface area contributed by atoms with Gasteiger partial charge in [-0.25, -0.2) is 15.0 Å². The van der Waals surface area contributed by atoms with Crippen molar-refractivity contribution in [1.82, 2.24) is 20.3 Å². The Kier molecular flexibility index (Phi) is 3.37. The summed E-state index contributed by atoms with van der Waals surface area (Å²) in [6.07, 6.45) is 4.10. The number of aromatic nitrogens is 3. The molecule has 2 aromatic heterocycles. The van der Waals surface area contributed by atoms with Crippen LogP contribution in [0.2, 0.25) is 0 Å². The van der Waals surface area contributed by atoms with Crippen LogP contribution in [0.1, 0.15) is 30.4 Å². The van der Waals surface area contributed by atoms with Crippen molar-refractivity contribution in [3.63, 3.8) is 0 Å². The van der Waals surface area contributed by atoms with Crippen LogP contribution in [0.15, 0.2) is 30.5 Å². The highest BCUT2D eigenvalue weighted by atomic mass is 15.1. The minimum Gasteiger partial charge on any atom is -0.325 e. The highest BCUT2D eigenvalue weighted by molar-refractivity contribution is 5.51. The van der Waals surface area contributed by atoms with Gasteiger partial charge in [0.15, 0.2) is 0 Å². The molecule has 0 radical (unpaired) electrons. The predicted octanol–water partition coefficient (Wildman–Crippen LogP) is 2.35. The van der Waals surface area contributed by atoms with Gasteiger partial charge < -0.3 is 10.6 Å². The molecule has 0 aliphatic carbocycles. The second-order valence-electron chi connectivity index (χ2n) is 4.71. The van der Waals surface area contributed by atoms with Gasteiger partial charge in [-0.3, -0.25) is 0 Å². The van der Waals surface area contributed by atoms with Crippen LogP contribution in [0.4, 0.5) is 11.6 Å². The van der Waals surface area contributed by atoms with Gasteiger partial charge in [-0.05, 0) is 38.4 Å². The third-order valence-corrected chi connectivity index (χ3v) is 3.20. The number of hydrogen-bond donors (Lipinski definition) is 2. The largest absolute Gasteiger partial charge is 0.325 e. The molecule has 0 spiro atoms. The summed E-state index contributed by atoms with van der Waals surface area (Å²) in [5.41, 5.74) is 1.06. The molecule has 3 rings (SSSR count). The van der Waals surface area contributed by atoms with Gasteiger partial charge in [-0.2, -0.15) is 0 Å². The molecular weight excluding hydrogens is 238 g/mol. The Bertz CT molecular complexity index is 549. The van der Waals surface area contributed by atoms with Gasteiger partial charge in [0.2, 0.25) is 0 Å². The molecule has 0 bridgehead atoms. The zero-order valence-electron chi connectivity index (χ0n) is 10.9. The third-order valence-electron chi connectivity index (χ3n) is 3.20. The Labute approximate surface area is 112 Å². The van der Waals surface area contributed by atoms with E-state index in [1.165, 1.54) is 6.42 Å². The van der Waals surface area contributed by atoms with E-state index in [4.69, 9.17) is 0 Å². The normalized spacial score (nSPS) is 18.5. The van der Waals surface area contributed by atoms with E-state index >= 15 is 0 Å². The standard InChI is InChI=1S/C14H17N5/c1-10-17-12(11-5-4-8-15-11)9-14(18-10)19-13-6-2-3-7-16-13/h2-3,6-7,9,11,15H,4-5,8H2,1H3,(H,16,17,18,19). The molecule has 3 heterocycles. The van der Waals surface area contributed by atoms with Gasteiger partial charge >= 0.3 is 0 Å². The van der Waals surface area contributed by atoms with E-state index < -0.39 is 0 Å². The summed E-state index contributed by atoms with van der Waals surface area (Å²) in [7, 11) is 0. The van der Waals surface area contributed by atoms with Gasteiger partial charge in [0.1, 0.15) is 17.5 Å². The first-order chi connectivity index (χ1) is 9.31. The van der Waals surface area contributed by atoms with Crippen LogP contribution < -0.4 is 10.6 Å². The minimum absolute atomic E-state index is 0.353. The predicted molar refractivity (Wildman–Crippen MR) is 74.3 cm³/mol. The SMILES string of the molecule is Cc1nc(Nc2ccccn2)cc(C2CCCN2)n1. The van der Waals surface area contributed by atoms with Crippen LogP contribution in [0.3, 0.4) is 0 Å². The molecule has 1 atom stereocenters. The van der Waals surface area contributed by atoms with Crippen LogP contribution in [0.5, 0.6) is 0 Å². The molecule has 98 valence electrons. The Hall–Kier alpha value is -2.01. The first kappa shape index (κ1) is 12.0. The Morgan fingerprint density at radius 1 is 1.26 bits per heavy atom. The van der Waals surface area contributed by atoms with E-state index in [2.05, 4.69) is 25.6 Å². The molecule has 5 nitrogen and oxygen atoms in total. The summed E-state index contributed by atoms with van der Waals surface area (Å²) in [6, 6.07) is 8.12. The van der Waals surface area contributed by atoms with E-state index in [0.717, 1.165) is 36.1 Å². The van der Waals surface area contributed by atoms with Crippen molar-refractivity contribution < 1.29 is 0 Å². The number of nitrogens with one attached hydrogen (secondary N) is 2. The number of anilines is 2. The van der Waals surface area contributed by atoms with Gasteiger partial charge in [0.25, 0.3) is 0 Å². The molecule has 2 aromatic rings. The average Bonchev–Trinajstić information content (AvgIpc) is 2.93. The zero-order valence-corrected chi connectivity index (χ0v) is 10.9. The van der Waals surface area contributed by atoms with Crippen LogP contribution in [-0.4, -0.2) is 21.5 Å². The van der Waals surface area contributed by atoms with Crippen LogP contribution in [0, 0.1) is 6.92 Å². The lowest BCUT2D eigenvalue weighted by atomic mass is 10.1. The van der Waals surface area contributed by atoms with E-state index in [1.54, 1.807) is 6.20 Å². The molecule has 0 aromatic carbocycles. The lowest BCUT2D eigenvalue weighted by Crippen LogP contribution is -2.15. The Morgan fingerprint density at radius 2 is 2.21 bits per heavy atom.